The van der Waals surface area contributed by atoms with Gasteiger partial charge in [-0.15, -0.1) is 0 Å². The minimum Gasteiger partial charge on any atom is -0.388 e. The number of aromatic nitrogens is 2. The molecule has 0 aromatic carbocycles. The minimum absolute atomic E-state index is 0.00190. The highest BCUT2D eigenvalue weighted by atomic mass is 16.3. The van der Waals surface area contributed by atoms with E-state index in [0.29, 0.717) is 11.5 Å². The lowest BCUT2D eigenvalue weighted by Gasteiger charge is -2.29. The van der Waals surface area contributed by atoms with Crippen LogP contribution in [0.25, 0.3) is 0 Å². The second-order valence-electron chi connectivity index (χ2n) is 7.47. The third-order valence-corrected chi connectivity index (χ3v) is 4.32. The zero-order valence-corrected chi connectivity index (χ0v) is 15.2. The summed E-state index contributed by atoms with van der Waals surface area (Å²) in [6.45, 7) is 13.1. The van der Waals surface area contributed by atoms with Gasteiger partial charge in [0.25, 0.3) is 11.5 Å². The van der Waals surface area contributed by atoms with Crippen molar-refractivity contribution in [2.75, 3.05) is 6.54 Å². The Bertz CT molecular complexity index is 627. The molecule has 0 spiro atoms. The van der Waals surface area contributed by atoms with E-state index in [4.69, 9.17) is 0 Å². The van der Waals surface area contributed by atoms with Crippen molar-refractivity contribution in [1.82, 2.24) is 15.3 Å². The Morgan fingerprint density at radius 3 is 2.35 bits per heavy atom. The molecule has 0 saturated carbocycles. The van der Waals surface area contributed by atoms with E-state index < -0.39 is 17.1 Å². The fraction of sp³-hybridized carbons (Fsp3) is 0.706. The molecule has 6 nitrogen and oxygen atoms in total. The average Bonchev–Trinajstić information content (AvgIpc) is 2.42. The quantitative estimate of drug-likeness (QED) is 0.771. The number of amides is 1. The lowest BCUT2D eigenvalue weighted by molar-refractivity contribution is 0.00589. The van der Waals surface area contributed by atoms with Crippen LogP contribution in [-0.4, -0.2) is 33.1 Å². The molecule has 1 rings (SSSR count). The van der Waals surface area contributed by atoms with Crippen LogP contribution >= 0.6 is 0 Å². The fourth-order valence-electron chi connectivity index (χ4n) is 2.17. The van der Waals surface area contributed by atoms with Gasteiger partial charge in [0.1, 0.15) is 11.4 Å². The molecule has 0 bridgehead atoms. The van der Waals surface area contributed by atoms with Gasteiger partial charge in [0, 0.05) is 12.0 Å². The molecule has 0 aliphatic heterocycles. The first kappa shape index (κ1) is 19.4. The highest BCUT2D eigenvalue weighted by molar-refractivity contribution is 5.94. The van der Waals surface area contributed by atoms with Crippen LogP contribution in [0.5, 0.6) is 0 Å². The van der Waals surface area contributed by atoms with E-state index in [9.17, 15) is 14.7 Å². The summed E-state index contributed by atoms with van der Waals surface area (Å²) in [5.41, 5.74) is -1.40. The number of H-pyrrole nitrogens is 1. The molecule has 1 amide bonds. The molecule has 0 aliphatic carbocycles. The maximum absolute atomic E-state index is 12.3. The maximum Gasteiger partial charge on any atom is 0.264 e. The third kappa shape index (κ3) is 4.64. The number of aryl methyl sites for hydroxylation is 1. The van der Waals surface area contributed by atoms with Crippen LogP contribution < -0.4 is 10.9 Å². The molecule has 6 heteroatoms. The van der Waals surface area contributed by atoms with Crippen molar-refractivity contribution in [3.63, 3.8) is 0 Å². The average molecular weight is 323 g/mol. The SMILES string of the molecule is CCC(C)C(C)(O)CNC(=O)c1c(C)nc(C(C)(C)C)[nH]c1=O. The normalized spacial score (nSPS) is 15.8. The number of carbonyl (C=O) groups is 1. The number of aromatic amines is 1. The van der Waals surface area contributed by atoms with Gasteiger partial charge in [-0.25, -0.2) is 4.98 Å². The largest absolute Gasteiger partial charge is 0.388 e. The lowest BCUT2D eigenvalue weighted by Crippen LogP contribution is -2.46. The van der Waals surface area contributed by atoms with Crippen molar-refractivity contribution in [2.24, 2.45) is 5.92 Å². The van der Waals surface area contributed by atoms with E-state index >= 15 is 0 Å². The van der Waals surface area contributed by atoms with Gasteiger partial charge in [-0.2, -0.15) is 0 Å². The summed E-state index contributed by atoms with van der Waals surface area (Å²) in [5.74, 6) is 0.0620. The van der Waals surface area contributed by atoms with Gasteiger partial charge in [-0.05, 0) is 19.8 Å². The molecule has 3 N–H and O–H groups in total. The van der Waals surface area contributed by atoms with Crippen LogP contribution in [0, 0.1) is 12.8 Å². The van der Waals surface area contributed by atoms with Crippen LogP contribution in [0.4, 0.5) is 0 Å². The van der Waals surface area contributed by atoms with Crippen molar-refractivity contribution < 1.29 is 9.90 Å². The summed E-state index contributed by atoms with van der Waals surface area (Å²) in [6.07, 6.45) is 0.796. The zero-order chi connectivity index (χ0) is 18.0. The van der Waals surface area contributed by atoms with Crippen molar-refractivity contribution in [2.45, 2.75) is 65.9 Å². The molecule has 0 saturated heterocycles. The molecule has 2 unspecified atom stereocenters. The predicted octanol–water partition coefficient (Wildman–Crippen LogP) is 1.90. The lowest BCUT2D eigenvalue weighted by atomic mass is 9.88. The van der Waals surface area contributed by atoms with E-state index in [1.807, 2.05) is 34.6 Å². The smallest absolute Gasteiger partial charge is 0.264 e. The molecule has 0 radical (unpaired) electrons. The Balaban J connectivity index is 3.00. The van der Waals surface area contributed by atoms with Gasteiger partial charge in [-0.1, -0.05) is 41.0 Å². The van der Waals surface area contributed by atoms with Crippen molar-refractivity contribution in [1.29, 1.82) is 0 Å². The maximum atomic E-state index is 12.3. The van der Waals surface area contributed by atoms with E-state index in [0.717, 1.165) is 6.42 Å². The molecular formula is C17H29N3O3. The zero-order valence-electron chi connectivity index (χ0n) is 15.2. The van der Waals surface area contributed by atoms with Crippen molar-refractivity contribution in [3.8, 4) is 0 Å². The van der Waals surface area contributed by atoms with Crippen LogP contribution in [0.1, 0.15) is 69.8 Å². The molecule has 1 aromatic heterocycles. The summed E-state index contributed by atoms with van der Waals surface area (Å²) >= 11 is 0. The number of nitrogens with zero attached hydrogens (tertiary/aromatic N) is 1. The van der Waals surface area contributed by atoms with Gasteiger partial charge < -0.3 is 15.4 Å². The van der Waals surface area contributed by atoms with Crippen LogP contribution in [-0.2, 0) is 5.41 Å². The summed E-state index contributed by atoms with van der Waals surface area (Å²) < 4.78 is 0. The number of nitrogens with one attached hydrogen (secondary N) is 2. The number of hydrogen-bond donors (Lipinski definition) is 3. The first-order valence-electron chi connectivity index (χ1n) is 8.02. The van der Waals surface area contributed by atoms with Gasteiger partial charge >= 0.3 is 0 Å². The Morgan fingerprint density at radius 1 is 1.35 bits per heavy atom. The second-order valence-corrected chi connectivity index (χ2v) is 7.47. The van der Waals surface area contributed by atoms with E-state index in [1.54, 1.807) is 13.8 Å². The fourth-order valence-corrected chi connectivity index (χ4v) is 2.17. The Morgan fingerprint density at radius 2 is 1.91 bits per heavy atom. The topological polar surface area (TPSA) is 95.1 Å². The Kier molecular flexibility index (Phi) is 5.74. The molecule has 1 aromatic rings. The molecular weight excluding hydrogens is 294 g/mol. The number of rotatable bonds is 5. The van der Waals surface area contributed by atoms with Gasteiger partial charge in [-0.3, -0.25) is 9.59 Å². The number of hydrogen-bond acceptors (Lipinski definition) is 4. The highest BCUT2D eigenvalue weighted by Gasteiger charge is 2.29. The molecule has 1 heterocycles. The summed E-state index contributed by atoms with van der Waals surface area (Å²) in [4.78, 5) is 31.6. The summed E-state index contributed by atoms with van der Waals surface area (Å²) in [5, 5.41) is 13.0. The van der Waals surface area contributed by atoms with Gasteiger partial charge in [0.15, 0.2) is 0 Å². The van der Waals surface area contributed by atoms with Gasteiger partial charge in [0.05, 0.1) is 11.3 Å². The number of carbonyl (C=O) groups excluding carboxylic acids is 1. The highest BCUT2D eigenvalue weighted by Crippen LogP contribution is 2.19. The van der Waals surface area contributed by atoms with Crippen LogP contribution in [0.15, 0.2) is 4.79 Å². The minimum atomic E-state index is -1.02. The van der Waals surface area contributed by atoms with E-state index in [1.165, 1.54) is 0 Å². The molecule has 23 heavy (non-hydrogen) atoms. The summed E-state index contributed by atoms with van der Waals surface area (Å²) in [7, 11) is 0. The monoisotopic (exact) mass is 323 g/mol. The number of aliphatic hydroxyl groups is 1. The standard InChI is InChI=1S/C17H29N3O3/c1-8-10(2)17(7,23)9-18-13(21)12-11(3)19-15(16(4,5)6)20-14(12)22/h10,23H,8-9H2,1-7H3,(H,18,21)(H,19,20,22). The first-order valence-corrected chi connectivity index (χ1v) is 8.02. The van der Waals surface area contributed by atoms with E-state index in [2.05, 4.69) is 15.3 Å². The van der Waals surface area contributed by atoms with Crippen molar-refractivity contribution in [3.05, 3.63) is 27.4 Å². The first-order chi connectivity index (χ1) is 10.4. The molecule has 0 fully saturated rings. The Hall–Kier alpha value is -1.69. The molecule has 0 aliphatic rings. The molecule has 2 atom stereocenters. The van der Waals surface area contributed by atoms with E-state index in [-0.39, 0.29) is 23.4 Å². The molecule has 130 valence electrons. The van der Waals surface area contributed by atoms with Crippen LogP contribution in [0.3, 0.4) is 0 Å². The van der Waals surface area contributed by atoms with Crippen LogP contribution in [0.2, 0.25) is 0 Å². The predicted molar refractivity (Wildman–Crippen MR) is 90.7 cm³/mol. The van der Waals surface area contributed by atoms with Gasteiger partial charge in [0.2, 0.25) is 0 Å². The third-order valence-electron chi connectivity index (χ3n) is 4.32. The summed E-state index contributed by atoms with van der Waals surface area (Å²) in [6, 6.07) is 0. The van der Waals surface area contributed by atoms with Crippen molar-refractivity contribution >= 4 is 5.91 Å². The Labute approximate surface area is 137 Å². The second kappa shape index (κ2) is 6.83.